The highest BCUT2D eigenvalue weighted by Crippen LogP contribution is 2.29. The van der Waals surface area contributed by atoms with E-state index in [9.17, 15) is 19.5 Å². The first-order valence-electron chi connectivity index (χ1n) is 8.92. The van der Waals surface area contributed by atoms with Crippen molar-refractivity contribution >= 4 is 23.5 Å². The van der Waals surface area contributed by atoms with Gasteiger partial charge in [-0.25, -0.2) is 0 Å². The first kappa shape index (κ1) is 17.5. The predicted molar refractivity (Wildman–Crippen MR) is 93.6 cm³/mol. The molecule has 1 aromatic carbocycles. The molecule has 6 heteroatoms. The topological polar surface area (TPSA) is 86.7 Å². The fourth-order valence-corrected chi connectivity index (χ4v) is 3.90. The molecular formula is C19H24N2O4. The van der Waals surface area contributed by atoms with Gasteiger partial charge in [-0.15, -0.1) is 0 Å². The minimum absolute atomic E-state index is 0.00120. The zero-order chi connectivity index (χ0) is 18.0. The van der Waals surface area contributed by atoms with Crippen LogP contribution < -0.4 is 10.2 Å². The molecule has 0 radical (unpaired) electrons. The number of rotatable bonds is 3. The Morgan fingerprint density at radius 2 is 1.92 bits per heavy atom. The number of carbonyl (C=O) groups excluding carboxylic acids is 2. The van der Waals surface area contributed by atoms with Crippen LogP contribution in [0.25, 0.3) is 0 Å². The Kier molecular flexibility index (Phi) is 5.06. The molecule has 6 nitrogen and oxygen atoms in total. The molecule has 2 amide bonds. The molecule has 1 fully saturated rings. The van der Waals surface area contributed by atoms with E-state index >= 15 is 0 Å². The van der Waals surface area contributed by atoms with Crippen molar-refractivity contribution in [3.05, 3.63) is 29.3 Å². The number of hydrogen-bond acceptors (Lipinski definition) is 3. The van der Waals surface area contributed by atoms with Gasteiger partial charge in [0, 0.05) is 30.8 Å². The third-order valence-electron chi connectivity index (χ3n) is 5.27. The van der Waals surface area contributed by atoms with Crippen molar-refractivity contribution in [2.24, 2.45) is 5.92 Å². The normalized spacial score (nSPS) is 22.8. The fourth-order valence-electron chi connectivity index (χ4n) is 3.90. The minimum Gasteiger partial charge on any atom is -0.481 e. The second kappa shape index (κ2) is 7.25. The van der Waals surface area contributed by atoms with Crippen molar-refractivity contribution < 1.29 is 19.5 Å². The number of anilines is 1. The molecule has 2 N–H and O–H groups in total. The quantitative estimate of drug-likeness (QED) is 0.824. The summed E-state index contributed by atoms with van der Waals surface area (Å²) in [5, 5.41) is 12.4. The van der Waals surface area contributed by atoms with Crippen molar-refractivity contribution in [1.29, 1.82) is 0 Å². The van der Waals surface area contributed by atoms with E-state index in [4.69, 9.17) is 0 Å². The number of carboxylic acid groups (broad SMARTS) is 1. The lowest BCUT2D eigenvalue weighted by Gasteiger charge is -2.23. The van der Waals surface area contributed by atoms with Crippen molar-refractivity contribution in [2.75, 3.05) is 11.4 Å². The molecule has 0 unspecified atom stereocenters. The van der Waals surface area contributed by atoms with Crippen LogP contribution in [0, 0.1) is 5.92 Å². The summed E-state index contributed by atoms with van der Waals surface area (Å²) >= 11 is 0. The molecule has 2 aliphatic rings. The van der Waals surface area contributed by atoms with Crippen LogP contribution >= 0.6 is 0 Å². The SMILES string of the molecule is CC(=O)N1CCc2cc(C(=O)N[C@H]3CCCCC[C@H]3C(=O)O)ccc21. The maximum Gasteiger partial charge on any atom is 0.308 e. The lowest BCUT2D eigenvalue weighted by atomic mass is 9.94. The monoisotopic (exact) mass is 344 g/mol. The zero-order valence-electron chi connectivity index (χ0n) is 14.5. The van der Waals surface area contributed by atoms with Gasteiger partial charge in [0.25, 0.3) is 5.91 Å². The van der Waals surface area contributed by atoms with Gasteiger partial charge >= 0.3 is 5.97 Å². The van der Waals surface area contributed by atoms with Gasteiger partial charge in [-0.1, -0.05) is 19.3 Å². The van der Waals surface area contributed by atoms with E-state index in [1.54, 1.807) is 17.0 Å². The zero-order valence-corrected chi connectivity index (χ0v) is 14.5. The van der Waals surface area contributed by atoms with Crippen molar-refractivity contribution in [2.45, 2.75) is 51.5 Å². The molecule has 25 heavy (non-hydrogen) atoms. The molecule has 2 atom stereocenters. The number of aliphatic carboxylic acids is 1. The highest BCUT2D eigenvalue weighted by atomic mass is 16.4. The van der Waals surface area contributed by atoms with Crippen molar-refractivity contribution in [1.82, 2.24) is 5.32 Å². The van der Waals surface area contributed by atoms with Crippen LogP contribution in [0.2, 0.25) is 0 Å². The summed E-state index contributed by atoms with van der Waals surface area (Å²) in [5.74, 6) is -1.59. The lowest BCUT2D eigenvalue weighted by Crippen LogP contribution is -2.42. The molecule has 1 aliphatic heterocycles. The fraction of sp³-hybridized carbons (Fsp3) is 0.526. The molecule has 1 aliphatic carbocycles. The number of carbonyl (C=O) groups is 3. The summed E-state index contributed by atoms with van der Waals surface area (Å²) in [6.45, 7) is 2.17. The van der Waals surface area contributed by atoms with E-state index in [1.807, 2.05) is 6.07 Å². The second-order valence-electron chi connectivity index (χ2n) is 6.93. The average Bonchev–Trinajstić information content (AvgIpc) is 2.86. The van der Waals surface area contributed by atoms with E-state index in [1.165, 1.54) is 6.92 Å². The van der Waals surface area contributed by atoms with Crippen LogP contribution in [0.5, 0.6) is 0 Å². The largest absolute Gasteiger partial charge is 0.481 e. The molecule has 1 aromatic rings. The van der Waals surface area contributed by atoms with E-state index < -0.39 is 11.9 Å². The molecule has 0 bridgehead atoms. The summed E-state index contributed by atoms with van der Waals surface area (Å²) in [5.41, 5.74) is 2.37. The van der Waals surface area contributed by atoms with Crippen LogP contribution in [0.3, 0.4) is 0 Å². The molecular weight excluding hydrogens is 320 g/mol. The van der Waals surface area contributed by atoms with E-state index in [-0.39, 0.29) is 17.9 Å². The number of nitrogens with zero attached hydrogens (tertiary/aromatic N) is 1. The summed E-state index contributed by atoms with van der Waals surface area (Å²) < 4.78 is 0. The van der Waals surface area contributed by atoms with Gasteiger partial charge in [0.1, 0.15) is 0 Å². The van der Waals surface area contributed by atoms with Crippen molar-refractivity contribution in [3.63, 3.8) is 0 Å². The van der Waals surface area contributed by atoms with Gasteiger partial charge in [-0.05, 0) is 43.0 Å². The Morgan fingerprint density at radius 1 is 1.16 bits per heavy atom. The maximum atomic E-state index is 12.6. The van der Waals surface area contributed by atoms with E-state index in [0.717, 1.165) is 36.9 Å². The van der Waals surface area contributed by atoms with Crippen molar-refractivity contribution in [3.8, 4) is 0 Å². The van der Waals surface area contributed by atoms with Crippen LogP contribution in [0.4, 0.5) is 5.69 Å². The minimum atomic E-state index is -0.835. The molecule has 1 heterocycles. The number of fused-ring (bicyclic) bond motifs is 1. The van der Waals surface area contributed by atoms with Crippen LogP contribution in [-0.2, 0) is 16.0 Å². The molecule has 3 rings (SSSR count). The average molecular weight is 344 g/mol. The highest BCUT2D eigenvalue weighted by Gasteiger charge is 2.31. The third-order valence-corrected chi connectivity index (χ3v) is 5.27. The van der Waals surface area contributed by atoms with E-state index in [0.29, 0.717) is 24.9 Å². The molecule has 0 spiro atoms. The molecule has 1 saturated carbocycles. The van der Waals surface area contributed by atoms with Gasteiger partial charge < -0.3 is 15.3 Å². The van der Waals surface area contributed by atoms with Crippen LogP contribution in [0.1, 0.15) is 54.9 Å². The predicted octanol–water partition coefficient (Wildman–Crippen LogP) is 2.36. The third kappa shape index (κ3) is 3.67. The number of benzene rings is 1. The number of carboxylic acids is 1. The standard InChI is InChI=1S/C19H24N2O4/c1-12(22)21-10-9-13-11-14(7-8-17(13)21)18(23)20-16-6-4-2-3-5-15(16)19(24)25/h7-8,11,15-16H,2-6,9-10H2,1H3,(H,20,23)(H,24,25)/t15-,16+/m1/s1. The van der Waals surface area contributed by atoms with Gasteiger partial charge in [0.15, 0.2) is 0 Å². The van der Waals surface area contributed by atoms with Crippen LogP contribution in [-0.4, -0.2) is 35.5 Å². The maximum absolute atomic E-state index is 12.6. The summed E-state index contributed by atoms with van der Waals surface area (Å²) in [6.07, 6.45) is 4.88. The van der Waals surface area contributed by atoms with E-state index in [2.05, 4.69) is 5.32 Å². The van der Waals surface area contributed by atoms with Gasteiger partial charge in [-0.2, -0.15) is 0 Å². The smallest absolute Gasteiger partial charge is 0.308 e. The highest BCUT2D eigenvalue weighted by molar-refractivity contribution is 5.98. The number of nitrogens with one attached hydrogen (secondary N) is 1. The number of hydrogen-bond donors (Lipinski definition) is 2. The Hall–Kier alpha value is -2.37. The molecule has 0 saturated heterocycles. The lowest BCUT2D eigenvalue weighted by molar-refractivity contribution is -0.142. The molecule has 0 aromatic heterocycles. The van der Waals surface area contributed by atoms with Gasteiger partial charge in [-0.3, -0.25) is 14.4 Å². The first-order chi connectivity index (χ1) is 12.0. The summed E-state index contributed by atoms with van der Waals surface area (Å²) in [6, 6.07) is 5.01. The Balaban J connectivity index is 1.75. The molecule has 134 valence electrons. The number of amides is 2. The second-order valence-corrected chi connectivity index (χ2v) is 6.93. The van der Waals surface area contributed by atoms with Gasteiger partial charge in [0.05, 0.1) is 5.92 Å². The first-order valence-corrected chi connectivity index (χ1v) is 8.92. The van der Waals surface area contributed by atoms with Crippen LogP contribution in [0.15, 0.2) is 18.2 Å². The van der Waals surface area contributed by atoms with Gasteiger partial charge in [0.2, 0.25) is 5.91 Å². The Bertz CT molecular complexity index is 701. The summed E-state index contributed by atoms with van der Waals surface area (Å²) in [7, 11) is 0. The summed E-state index contributed by atoms with van der Waals surface area (Å²) in [4.78, 5) is 37.4. The Labute approximate surface area is 147 Å². The Morgan fingerprint density at radius 3 is 2.64 bits per heavy atom.